The summed E-state index contributed by atoms with van der Waals surface area (Å²) >= 11 is 0. The summed E-state index contributed by atoms with van der Waals surface area (Å²) in [6.07, 6.45) is 3.63. The summed E-state index contributed by atoms with van der Waals surface area (Å²) in [7, 11) is 0. The van der Waals surface area contributed by atoms with Gasteiger partial charge in [-0.15, -0.1) is 12.4 Å². The van der Waals surface area contributed by atoms with E-state index in [1.807, 2.05) is 48.5 Å². The minimum absolute atomic E-state index is 0. The Morgan fingerprint density at radius 2 is 1.91 bits per heavy atom. The van der Waals surface area contributed by atoms with Crippen LogP contribution in [0.4, 0.5) is 0 Å². The molecule has 6 heteroatoms. The lowest BCUT2D eigenvalue weighted by atomic mass is 10.1. The molecule has 0 aliphatic carbocycles. The summed E-state index contributed by atoms with van der Waals surface area (Å²) in [5.41, 5.74) is 5.57. The quantitative estimate of drug-likeness (QED) is 0.391. The van der Waals surface area contributed by atoms with Gasteiger partial charge in [-0.3, -0.25) is 10.0 Å². The van der Waals surface area contributed by atoms with E-state index in [1.165, 1.54) is 6.08 Å². The maximum atomic E-state index is 10.9. The molecule has 1 amide bonds. The second kappa shape index (κ2) is 7.58. The van der Waals surface area contributed by atoms with Gasteiger partial charge in [0.15, 0.2) is 0 Å². The molecule has 0 spiro atoms. The number of H-pyrrole nitrogens is 1. The van der Waals surface area contributed by atoms with E-state index in [0.29, 0.717) is 0 Å². The van der Waals surface area contributed by atoms with Crippen LogP contribution in [0.25, 0.3) is 17.1 Å². The Labute approximate surface area is 139 Å². The van der Waals surface area contributed by atoms with Gasteiger partial charge in [0.25, 0.3) is 5.91 Å². The second-order valence-electron chi connectivity index (χ2n) is 4.93. The number of nitrogens with one attached hydrogen (secondary N) is 2. The highest BCUT2D eigenvalue weighted by Crippen LogP contribution is 2.14. The summed E-state index contributed by atoms with van der Waals surface area (Å²) in [6, 6.07) is 15.7. The zero-order valence-electron chi connectivity index (χ0n) is 12.2. The van der Waals surface area contributed by atoms with Crippen LogP contribution in [0.1, 0.15) is 17.0 Å². The molecule has 0 atom stereocenters. The predicted octanol–water partition coefficient (Wildman–Crippen LogP) is 3.09. The summed E-state index contributed by atoms with van der Waals surface area (Å²) in [5.74, 6) is 0.371. The van der Waals surface area contributed by atoms with Crippen molar-refractivity contribution in [1.29, 1.82) is 0 Å². The van der Waals surface area contributed by atoms with Crippen molar-refractivity contribution < 1.29 is 10.0 Å². The number of carbonyl (C=O) groups excluding carboxylic acids is 1. The molecule has 1 heterocycles. The van der Waals surface area contributed by atoms with Gasteiger partial charge in [-0.05, 0) is 29.3 Å². The fourth-order valence-electron chi connectivity index (χ4n) is 2.24. The molecule has 3 rings (SSSR count). The Bertz CT molecular complexity index is 792. The molecule has 0 aliphatic rings. The number of para-hydroxylation sites is 2. The lowest BCUT2D eigenvalue weighted by Gasteiger charge is -1.99. The summed E-state index contributed by atoms with van der Waals surface area (Å²) in [5, 5.41) is 8.42. The molecule has 2 aromatic carbocycles. The highest BCUT2D eigenvalue weighted by atomic mass is 35.5. The molecule has 0 saturated carbocycles. The topological polar surface area (TPSA) is 78.0 Å². The van der Waals surface area contributed by atoms with Gasteiger partial charge >= 0.3 is 0 Å². The van der Waals surface area contributed by atoms with Crippen molar-refractivity contribution in [3.05, 3.63) is 71.6 Å². The Morgan fingerprint density at radius 1 is 1.17 bits per heavy atom. The van der Waals surface area contributed by atoms with E-state index in [-0.39, 0.29) is 12.4 Å². The van der Waals surface area contributed by atoms with Crippen LogP contribution in [0.3, 0.4) is 0 Å². The van der Waals surface area contributed by atoms with Crippen LogP contribution in [0, 0.1) is 0 Å². The van der Waals surface area contributed by atoms with Crippen molar-refractivity contribution in [3.63, 3.8) is 0 Å². The van der Waals surface area contributed by atoms with E-state index in [1.54, 1.807) is 11.6 Å². The first-order valence-corrected chi connectivity index (χ1v) is 6.89. The second-order valence-corrected chi connectivity index (χ2v) is 4.93. The molecule has 0 fully saturated rings. The Hall–Kier alpha value is -2.63. The lowest BCUT2D eigenvalue weighted by Crippen LogP contribution is -2.14. The van der Waals surface area contributed by atoms with E-state index in [4.69, 9.17) is 5.21 Å². The fraction of sp³-hybridized carbons (Fsp3) is 0.0588. The Balaban J connectivity index is 0.00000192. The number of nitrogens with zero attached hydrogens (tertiary/aromatic N) is 1. The molecule has 3 N–H and O–H groups in total. The molecule has 0 aliphatic heterocycles. The van der Waals surface area contributed by atoms with Crippen LogP contribution in [0.2, 0.25) is 0 Å². The van der Waals surface area contributed by atoms with Crippen molar-refractivity contribution in [2.24, 2.45) is 0 Å². The third-order valence-electron chi connectivity index (χ3n) is 3.33. The van der Waals surface area contributed by atoms with Gasteiger partial charge in [-0.25, -0.2) is 10.5 Å². The number of hydrogen-bond acceptors (Lipinski definition) is 3. The van der Waals surface area contributed by atoms with Gasteiger partial charge in [0.1, 0.15) is 5.82 Å². The first-order chi connectivity index (χ1) is 10.7. The number of benzene rings is 2. The molecule has 118 valence electrons. The maximum absolute atomic E-state index is 10.9. The van der Waals surface area contributed by atoms with Crippen molar-refractivity contribution >= 4 is 35.4 Å². The first-order valence-electron chi connectivity index (χ1n) is 6.89. The van der Waals surface area contributed by atoms with Crippen molar-refractivity contribution in [1.82, 2.24) is 15.4 Å². The van der Waals surface area contributed by atoms with Crippen LogP contribution in [0.5, 0.6) is 0 Å². The van der Waals surface area contributed by atoms with E-state index in [2.05, 4.69) is 9.97 Å². The van der Waals surface area contributed by atoms with E-state index >= 15 is 0 Å². The van der Waals surface area contributed by atoms with Gasteiger partial charge in [0.05, 0.1) is 11.0 Å². The first kappa shape index (κ1) is 16.7. The summed E-state index contributed by atoms with van der Waals surface area (Å²) in [4.78, 5) is 18.8. The summed E-state index contributed by atoms with van der Waals surface area (Å²) in [6.45, 7) is 0. The maximum Gasteiger partial charge on any atom is 0.267 e. The molecule has 5 nitrogen and oxygen atoms in total. The predicted molar refractivity (Wildman–Crippen MR) is 91.6 cm³/mol. The summed E-state index contributed by atoms with van der Waals surface area (Å²) < 4.78 is 0. The number of hydroxylamine groups is 1. The molecule has 3 aromatic rings. The van der Waals surface area contributed by atoms with Crippen LogP contribution in [-0.4, -0.2) is 21.1 Å². The number of amides is 1. The van der Waals surface area contributed by atoms with E-state index in [0.717, 1.165) is 34.4 Å². The third-order valence-corrected chi connectivity index (χ3v) is 3.33. The number of imidazole rings is 1. The largest absolute Gasteiger partial charge is 0.342 e. The number of aromatic amines is 1. The van der Waals surface area contributed by atoms with Crippen molar-refractivity contribution in [2.45, 2.75) is 6.42 Å². The molecule has 0 radical (unpaired) electrons. The molecule has 23 heavy (non-hydrogen) atoms. The average Bonchev–Trinajstić information content (AvgIpc) is 2.96. The van der Waals surface area contributed by atoms with Gasteiger partial charge in [0.2, 0.25) is 0 Å². The highest BCUT2D eigenvalue weighted by molar-refractivity contribution is 5.90. The van der Waals surface area contributed by atoms with E-state index < -0.39 is 5.91 Å². The number of carbonyl (C=O) groups is 1. The van der Waals surface area contributed by atoms with Gasteiger partial charge in [0, 0.05) is 12.5 Å². The zero-order valence-corrected chi connectivity index (χ0v) is 13.0. The zero-order chi connectivity index (χ0) is 15.4. The SMILES string of the molecule is Cl.O=C(/C=C/c1ccc(Cc2nc3ccccc3[nH]2)cc1)NO. The molecular weight excluding hydrogens is 314 g/mol. The number of hydrogen-bond donors (Lipinski definition) is 3. The average molecular weight is 330 g/mol. The smallest absolute Gasteiger partial charge is 0.267 e. The highest BCUT2D eigenvalue weighted by Gasteiger charge is 2.03. The number of aromatic nitrogens is 2. The van der Waals surface area contributed by atoms with Gasteiger partial charge in [-0.2, -0.15) is 0 Å². The van der Waals surface area contributed by atoms with Crippen LogP contribution < -0.4 is 5.48 Å². The Kier molecular flexibility index (Phi) is 5.51. The van der Waals surface area contributed by atoms with E-state index in [9.17, 15) is 4.79 Å². The number of fused-ring (bicyclic) bond motifs is 1. The number of halogens is 1. The Morgan fingerprint density at radius 3 is 2.61 bits per heavy atom. The van der Waals surface area contributed by atoms with Crippen LogP contribution in [0.15, 0.2) is 54.6 Å². The fourth-order valence-corrected chi connectivity index (χ4v) is 2.24. The minimum atomic E-state index is -0.550. The number of rotatable bonds is 4. The van der Waals surface area contributed by atoms with Gasteiger partial charge < -0.3 is 4.98 Å². The van der Waals surface area contributed by atoms with Crippen molar-refractivity contribution in [3.8, 4) is 0 Å². The normalized spacial score (nSPS) is 10.7. The third kappa shape index (κ3) is 4.18. The molecule has 0 saturated heterocycles. The lowest BCUT2D eigenvalue weighted by molar-refractivity contribution is -0.124. The standard InChI is InChI=1S/C17H15N3O2.ClH/c21-17(20-22)10-9-12-5-7-13(8-6-12)11-16-18-14-3-1-2-4-15(14)19-16;/h1-10,22H,11H2,(H,18,19)(H,20,21);1H/b10-9+;. The molecular formula is C17H16ClN3O2. The monoisotopic (exact) mass is 329 g/mol. The molecule has 1 aromatic heterocycles. The van der Waals surface area contributed by atoms with Gasteiger partial charge in [-0.1, -0.05) is 36.4 Å². The van der Waals surface area contributed by atoms with Crippen LogP contribution >= 0.6 is 12.4 Å². The van der Waals surface area contributed by atoms with Crippen molar-refractivity contribution in [2.75, 3.05) is 0 Å². The molecule has 0 unspecified atom stereocenters. The molecule has 0 bridgehead atoms. The minimum Gasteiger partial charge on any atom is -0.342 e. The van der Waals surface area contributed by atoms with Crippen LogP contribution in [-0.2, 0) is 11.2 Å².